The Labute approximate surface area is 130 Å². The molecule has 0 amide bonds. The summed E-state index contributed by atoms with van der Waals surface area (Å²) in [6.45, 7) is 8.24. The van der Waals surface area contributed by atoms with Gasteiger partial charge in [-0.15, -0.1) is 0 Å². The van der Waals surface area contributed by atoms with E-state index >= 15 is 0 Å². The van der Waals surface area contributed by atoms with E-state index in [2.05, 4.69) is 24.5 Å². The lowest BCUT2D eigenvalue weighted by Gasteiger charge is -2.41. The summed E-state index contributed by atoms with van der Waals surface area (Å²) >= 11 is 0. The molecule has 0 atom stereocenters. The maximum atomic E-state index is 5.22. The van der Waals surface area contributed by atoms with Crippen LogP contribution in [0.25, 0.3) is 0 Å². The van der Waals surface area contributed by atoms with Crippen LogP contribution >= 0.6 is 0 Å². The first kappa shape index (κ1) is 16.6. The van der Waals surface area contributed by atoms with Crippen LogP contribution < -0.4 is 10.6 Å². The summed E-state index contributed by atoms with van der Waals surface area (Å²) in [5, 5.41) is 6.97. The molecule has 21 heavy (non-hydrogen) atoms. The molecule has 2 saturated carbocycles. The van der Waals surface area contributed by atoms with Gasteiger partial charge >= 0.3 is 0 Å². The van der Waals surface area contributed by atoms with E-state index in [1.165, 1.54) is 38.5 Å². The fraction of sp³-hybridized carbons (Fsp3) is 0.941. The molecule has 0 bridgehead atoms. The zero-order valence-corrected chi connectivity index (χ0v) is 14.1. The first-order valence-electron chi connectivity index (χ1n) is 8.69. The van der Waals surface area contributed by atoms with Crippen LogP contribution in [0.2, 0.25) is 0 Å². The molecule has 2 rings (SSSR count). The van der Waals surface area contributed by atoms with E-state index in [1.54, 1.807) is 7.11 Å². The molecule has 0 aromatic heterocycles. The second-order valence-electron chi connectivity index (χ2n) is 7.00. The largest absolute Gasteiger partial charge is 0.385 e. The Balaban J connectivity index is 1.81. The molecule has 0 spiro atoms. The van der Waals surface area contributed by atoms with Crippen molar-refractivity contribution in [2.24, 2.45) is 15.8 Å². The summed E-state index contributed by atoms with van der Waals surface area (Å²) in [7, 11) is 1.79. The Hall–Kier alpha value is -0.770. The lowest BCUT2D eigenvalue weighted by Crippen LogP contribution is -2.46. The average molecular weight is 295 g/mol. The number of aliphatic imine (C=N–C) groups is 1. The summed E-state index contributed by atoms with van der Waals surface area (Å²) in [6.07, 6.45) is 9.16. The van der Waals surface area contributed by atoms with E-state index in [0.717, 1.165) is 38.6 Å². The minimum Gasteiger partial charge on any atom is -0.385 e. The van der Waals surface area contributed by atoms with Crippen LogP contribution in [0.5, 0.6) is 0 Å². The minimum absolute atomic E-state index is 0.428. The number of nitrogens with zero attached hydrogens (tertiary/aromatic N) is 1. The maximum absolute atomic E-state index is 5.22. The van der Waals surface area contributed by atoms with Crippen LogP contribution in [-0.4, -0.2) is 39.3 Å². The Morgan fingerprint density at radius 2 is 1.86 bits per heavy atom. The SMILES string of the molecule is CCNC(=NCC1(CCOC)CC1)NCC1(CC)CCC1. The normalized spacial score (nSPS) is 22.5. The lowest BCUT2D eigenvalue weighted by molar-refractivity contribution is 0.131. The van der Waals surface area contributed by atoms with Crippen LogP contribution in [0.4, 0.5) is 0 Å². The van der Waals surface area contributed by atoms with E-state index in [4.69, 9.17) is 9.73 Å². The molecule has 2 fully saturated rings. The lowest BCUT2D eigenvalue weighted by atomic mass is 9.67. The quantitative estimate of drug-likeness (QED) is 0.508. The molecule has 0 aromatic carbocycles. The molecular weight excluding hydrogens is 262 g/mol. The molecule has 0 aromatic rings. The molecule has 2 aliphatic rings. The number of guanidine groups is 1. The number of ether oxygens (including phenoxy) is 1. The molecule has 0 radical (unpaired) electrons. The summed E-state index contributed by atoms with van der Waals surface area (Å²) in [4.78, 5) is 4.84. The molecule has 0 aliphatic heterocycles. The van der Waals surface area contributed by atoms with Crippen LogP contribution in [-0.2, 0) is 4.74 Å². The van der Waals surface area contributed by atoms with Crippen LogP contribution in [0.15, 0.2) is 4.99 Å². The van der Waals surface area contributed by atoms with E-state index in [-0.39, 0.29) is 0 Å². The van der Waals surface area contributed by atoms with Gasteiger partial charge in [-0.05, 0) is 56.3 Å². The summed E-state index contributed by atoms with van der Waals surface area (Å²) < 4.78 is 5.22. The molecule has 0 saturated heterocycles. The number of rotatable bonds is 9. The van der Waals surface area contributed by atoms with Gasteiger partial charge in [-0.2, -0.15) is 0 Å². The molecule has 0 unspecified atom stereocenters. The highest BCUT2D eigenvalue weighted by Crippen LogP contribution is 2.49. The second-order valence-corrected chi connectivity index (χ2v) is 7.00. The average Bonchev–Trinajstić information content (AvgIpc) is 3.22. The topological polar surface area (TPSA) is 45.7 Å². The highest BCUT2D eigenvalue weighted by Gasteiger charge is 2.42. The van der Waals surface area contributed by atoms with Crippen molar-refractivity contribution >= 4 is 5.96 Å². The Kier molecular flexibility index (Phi) is 5.91. The molecule has 2 N–H and O–H groups in total. The number of hydrogen-bond donors (Lipinski definition) is 2. The van der Waals surface area contributed by atoms with Gasteiger partial charge in [0.1, 0.15) is 0 Å². The molecule has 4 heteroatoms. The zero-order chi connectivity index (χ0) is 15.2. The van der Waals surface area contributed by atoms with E-state index in [9.17, 15) is 0 Å². The fourth-order valence-corrected chi connectivity index (χ4v) is 3.17. The predicted molar refractivity (Wildman–Crippen MR) is 88.7 cm³/mol. The van der Waals surface area contributed by atoms with Crippen molar-refractivity contribution in [1.29, 1.82) is 0 Å². The Morgan fingerprint density at radius 1 is 1.10 bits per heavy atom. The first-order chi connectivity index (χ1) is 10.2. The summed E-state index contributed by atoms with van der Waals surface area (Å²) in [6, 6.07) is 0. The fourth-order valence-electron chi connectivity index (χ4n) is 3.17. The maximum Gasteiger partial charge on any atom is 0.191 e. The third-order valence-electron chi connectivity index (χ3n) is 5.51. The van der Waals surface area contributed by atoms with Gasteiger partial charge in [0.2, 0.25) is 0 Å². The van der Waals surface area contributed by atoms with Crippen molar-refractivity contribution in [3.63, 3.8) is 0 Å². The van der Waals surface area contributed by atoms with Gasteiger partial charge in [0.05, 0.1) is 0 Å². The highest BCUT2D eigenvalue weighted by molar-refractivity contribution is 5.79. The third kappa shape index (κ3) is 4.60. The van der Waals surface area contributed by atoms with Crippen molar-refractivity contribution in [2.45, 2.75) is 58.8 Å². The smallest absolute Gasteiger partial charge is 0.191 e. The number of hydrogen-bond acceptors (Lipinski definition) is 2. The van der Waals surface area contributed by atoms with Gasteiger partial charge in [-0.3, -0.25) is 4.99 Å². The Morgan fingerprint density at radius 3 is 2.33 bits per heavy atom. The molecular formula is C17H33N3O. The van der Waals surface area contributed by atoms with Gasteiger partial charge in [0.25, 0.3) is 0 Å². The van der Waals surface area contributed by atoms with Crippen molar-refractivity contribution < 1.29 is 4.74 Å². The van der Waals surface area contributed by atoms with E-state index in [0.29, 0.717) is 10.8 Å². The molecule has 4 nitrogen and oxygen atoms in total. The number of nitrogens with one attached hydrogen (secondary N) is 2. The van der Waals surface area contributed by atoms with Crippen LogP contribution in [0.3, 0.4) is 0 Å². The van der Waals surface area contributed by atoms with Crippen LogP contribution in [0.1, 0.15) is 58.8 Å². The first-order valence-corrected chi connectivity index (χ1v) is 8.69. The highest BCUT2D eigenvalue weighted by atomic mass is 16.5. The van der Waals surface area contributed by atoms with Gasteiger partial charge in [-0.1, -0.05) is 13.3 Å². The van der Waals surface area contributed by atoms with Crippen molar-refractivity contribution in [3.8, 4) is 0 Å². The van der Waals surface area contributed by atoms with Crippen molar-refractivity contribution in [2.75, 3.05) is 33.4 Å². The molecule has 0 heterocycles. The van der Waals surface area contributed by atoms with Crippen molar-refractivity contribution in [1.82, 2.24) is 10.6 Å². The van der Waals surface area contributed by atoms with Crippen molar-refractivity contribution in [3.05, 3.63) is 0 Å². The molecule has 2 aliphatic carbocycles. The van der Waals surface area contributed by atoms with E-state index in [1.807, 2.05) is 0 Å². The van der Waals surface area contributed by atoms with E-state index < -0.39 is 0 Å². The Bertz CT molecular complexity index is 340. The van der Waals surface area contributed by atoms with Gasteiger partial charge in [0.15, 0.2) is 5.96 Å². The second kappa shape index (κ2) is 7.48. The monoisotopic (exact) mass is 295 g/mol. The minimum atomic E-state index is 0.428. The standard InChI is InChI=1S/C17H33N3O/c1-4-16(7-6-8-16)13-19-15(18-5-2)20-14-17(9-10-17)11-12-21-3/h4-14H2,1-3H3,(H2,18,19,20). The number of methoxy groups -OCH3 is 1. The summed E-state index contributed by atoms with van der Waals surface area (Å²) in [5.41, 5.74) is 0.959. The predicted octanol–water partition coefficient (Wildman–Crippen LogP) is 2.94. The zero-order valence-electron chi connectivity index (χ0n) is 14.1. The summed E-state index contributed by atoms with van der Waals surface area (Å²) in [5.74, 6) is 1.00. The van der Waals surface area contributed by atoms with Crippen LogP contribution in [0, 0.1) is 10.8 Å². The third-order valence-corrected chi connectivity index (χ3v) is 5.51. The van der Waals surface area contributed by atoms with Gasteiger partial charge in [-0.25, -0.2) is 0 Å². The van der Waals surface area contributed by atoms with Gasteiger partial charge < -0.3 is 15.4 Å². The van der Waals surface area contributed by atoms with Gasteiger partial charge in [0, 0.05) is 33.4 Å². The molecule has 122 valence electrons.